The Bertz CT molecular complexity index is 322. The third-order valence-electron chi connectivity index (χ3n) is 2.89. The van der Waals surface area contributed by atoms with Crippen LogP contribution in [0, 0.1) is 5.41 Å². The third kappa shape index (κ3) is 2.61. The van der Waals surface area contributed by atoms with Crippen molar-refractivity contribution in [1.29, 1.82) is 0 Å². The first-order valence-electron chi connectivity index (χ1n) is 5.14. The van der Waals surface area contributed by atoms with Crippen molar-refractivity contribution in [3.63, 3.8) is 0 Å². The van der Waals surface area contributed by atoms with Crippen molar-refractivity contribution in [2.24, 2.45) is 5.41 Å². The number of hydrogen-bond acceptors (Lipinski definition) is 2. The summed E-state index contributed by atoms with van der Waals surface area (Å²) in [4.78, 5) is 13.6. The molecule has 1 amide bonds. The molecule has 1 heterocycles. The minimum Gasteiger partial charge on any atom is -0.459 e. The summed E-state index contributed by atoms with van der Waals surface area (Å²) in [5, 5.41) is 0. The van der Waals surface area contributed by atoms with E-state index in [1.165, 1.54) is 6.26 Å². The Morgan fingerprint density at radius 1 is 1.47 bits per heavy atom. The second-order valence-corrected chi connectivity index (χ2v) is 4.94. The zero-order chi connectivity index (χ0) is 11.6. The van der Waals surface area contributed by atoms with Crippen LogP contribution in [0.5, 0.6) is 0 Å². The molecule has 3 nitrogen and oxygen atoms in total. The molecular weight excluding hydrogens is 190 g/mol. The minimum atomic E-state index is -0.0672. The van der Waals surface area contributed by atoms with Crippen LogP contribution in [0.1, 0.15) is 38.2 Å². The van der Waals surface area contributed by atoms with Crippen molar-refractivity contribution in [3.8, 4) is 0 Å². The highest BCUT2D eigenvalue weighted by Gasteiger charge is 2.28. The number of rotatable bonds is 2. The Kier molecular flexibility index (Phi) is 3.22. The van der Waals surface area contributed by atoms with E-state index in [1.54, 1.807) is 24.1 Å². The molecule has 0 aromatic carbocycles. The van der Waals surface area contributed by atoms with Crippen LogP contribution in [0.2, 0.25) is 0 Å². The van der Waals surface area contributed by atoms with Gasteiger partial charge in [-0.1, -0.05) is 20.8 Å². The summed E-state index contributed by atoms with van der Waals surface area (Å²) < 4.78 is 5.09. The highest BCUT2D eigenvalue weighted by Crippen LogP contribution is 2.24. The number of hydrogen-bond donors (Lipinski definition) is 0. The van der Waals surface area contributed by atoms with Crippen molar-refractivity contribution < 1.29 is 9.21 Å². The van der Waals surface area contributed by atoms with E-state index in [0.717, 1.165) is 0 Å². The molecule has 0 radical (unpaired) electrons. The standard InChI is InChI=1S/C12H19NO2/c1-9(12(2,3)4)13(5)11(14)10-7-6-8-15-10/h6-9H,1-5H3. The fraction of sp³-hybridized carbons (Fsp3) is 0.583. The smallest absolute Gasteiger partial charge is 0.289 e. The number of nitrogens with zero attached hydrogens (tertiary/aromatic N) is 1. The van der Waals surface area contributed by atoms with Gasteiger partial charge in [-0.05, 0) is 24.5 Å². The molecule has 1 rings (SSSR count). The predicted molar refractivity (Wildman–Crippen MR) is 59.7 cm³/mol. The van der Waals surface area contributed by atoms with E-state index in [4.69, 9.17) is 4.42 Å². The molecule has 1 atom stereocenters. The Hall–Kier alpha value is -1.25. The van der Waals surface area contributed by atoms with Gasteiger partial charge in [0.05, 0.1) is 6.26 Å². The lowest BCUT2D eigenvalue weighted by molar-refractivity contribution is 0.0598. The third-order valence-corrected chi connectivity index (χ3v) is 2.89. The summed E-state index contributed by atoms with van der Waals surface area (Å²) >= 11 is 0. The van der Waals surface area contributed by atoms with Crippen LogP contribution >= 0.6 is 0 Å². The first kappa shape index (κ1) is 11.8. The maximum atomic E-state index is 11.9. The van der Waals surface area contributed by atoms with Gasteiger partial charge in [-0.25, -0.2) is 0 Å². The summed E-state index contributed by atoms with van der Waals surface area (Å²) in [6, 6.07) is 3.58. The zero-order valence-electron chi connectivity index (χ0n) is 10.1. The lowest BCUT2D eigenvalue weighted by Crippen LogP contribution is -2.42. The topological polar surface area (TPSA) is 33.5 Å². The molecule has 0 aliphatic carbocycles. The maximum absolute atomic E-state index is 11.9. The highest BCUT2D eigenvalue weighted by molar-refractivity contribution is 5.91. The van der Waals surface area contributed by atoms with Gasteiger partial charge in [0.15, 0.2) is 5.76 Å². The van der Waals surface area contributed by atoms with Crippen LogP contribution in [-0.2, 0) is 0 Å². The van der Waals surface area contributed by atoms with Crippen LogP contribution in [0.15, 0.2) is 22.8 Å². The van der Waals surface area contributed by atoms with Gasteiger partial charge in [0.1, 0.15) is 0 Å². The molecule has 0 saturated heterocycles. The van der Waals surface area contributed by atoms with E-state index >= 15 is 0 Å². The molecule has 84 valence electrons. The Labute approximate surface area is 91.1 Å². The average molecular weight is 209 g/mol. The largest absolute Gasteiger partial charge is 0.459 e. The summed E-state index contributed by atoms with van der Waals surface area (Å²) in [6.45, 7) is 8.39. The zero-order valence-corrected chi connectivity index (χ0v) is 10.1. The Morgan fingerprint density at radius 3 is 2.47 bits per heavy atom. The van der Waals surface area contributed by atoms with Crippen LogP contribution in [0.3, 0.4) is 0 Å². The van der Waals surface area contributed by atoms with Gasteiger partial charge < -0.3 is 9.32 Å². The maximum Gasteiger partial charge on any atom is 0.289 e. The van der Waals surface area contributed by atoms with Gasteiger partial charge >= 0.3 is 0 Å². The molecule has 0 aliphatic heterocycles. The molecule has 1 unspecified atom stereocenters. The molecule has 15 heavy (non-hydrogen) atoms. The van der Waals surface area contributed by atoms with E-state index in [2.05, 4.69) is 20.8 Å². The molecule has 0 fully saturated rings. The second kappa shape index (κ2) is 4.09. The van der Waals surface area contributed by atoms with Crippen LogP contribution in [0.25, 0.3) is 0 Å². The monoisotopic (exact) mass is 209 g/mol. The number of carbonyl (C=O) groups excluding carboxylic acids is 1. The van der Waals surface area contributed by atoms with Gasteiger partial charge in [-0.2, -0.15) is 0 Å². The van der Waals surface area contributed by atoms with E-state index < -0.39 is 0 Å². The number of furan rings is 1. The fourth-order valence-corrected chi connectivity index (χ4v) is 1.33. The summed E-state index contributed by atoms with van der Waals surface area (Å²) in [5.74, 6) is 0.330. The first-order chi connectivity index (χ1) is 6.84. The van der Waals surface area contributed by atoms with Crippen LogP contribution in [0.4, 0.5) is 0 Å². The molecule has 0 saturated carbocycles. The SMILES string of the molecule is CC(N(C)C(=O)c1ccco1)C(C)(C)C. The number of amides is 1. The normalized spacial score (nSPS) is 13.7. The van der Waals surface area contributed by atoms with Crippen molar-refractivity contribution in [2.45, 2.75) is 33.7 Å². The van der Waals surface area contributed by atoms with E-state index in [-0.39, 0.29) is 17.4 Å². The lowest BCUT2D eigenvalue weighted by atomic mass is 9.87. The molecule has 1 aromatic rings. The highest BCUT2D eigenvalue weighted by atomic mass is 16.3. The van der Waals surface area contributed by atoms with Crippen molar-refractivity contribution in [1.82, 2.24) is 4.90 Å². The summed E-state index contributed by atoms with van der Waals surface area (Å²) in [5.41, 5.74) is 0.0665. The summed E-state index contributed by atoms with van der Waals surface area (Å²) in [7, 11) is 1.81. The Balaban J connectivity index is 2.78. The molecule has 0 bridgehead atoms. The fourth-order valence-electron chi connectivity index (χ4n) is 1.33. The summed E-state index contributed by atoms with van der Waals surface area (Å²) in [6.07, 6.45) is 1.52. The van der Waals surface area contributed by atoms with Crippen LogP contribution < -0.4 is 0 Å². The van der Waals surface area contributed by atoms with Crippen molar-refractivity contribution in [2.75, 3.05) is 7.05 Å². The van der Waals surface area contributed by atoms with Gasteiger partial charge in [0.25, 0.3) is 5.91 Å². The van der Waals surface area contributed by atoms with Crippen molar-refractivity contribution in [3.05, 3.63) is 24.2 Å². The van der Waals surface area contributed by atoms with Gasteiger partial charge in [-0.3, -0.25) is 4.79 Å². The van der Waals surface area contributed by atoms with Gasteiger partial charge in [0, 0.05) is 13.1 Å². The quantitative estimate of drug-likeness (QED) is 0.750. The van der Waals surface area contributed by atoms with E-state index in [9.17, 15) is 4.79 Å². The van der Waals surface area contributed by atoms with E-state index in [1.807, 2.05) is 6.92 Å². The average Bonchev–Trinajstić information content (AvgIpc) is 2.65. The lowest BCUT2D eigenvalue weighted by Gasteiger charge is -2.34. The molecular formula is C12H19NO2. The molecule has 0 spiro atoms. The second-order valence-electron chi connectivity index (χ2n) is 4.94. The molecule has 0 N–H and O–H groups in total. The van der Waals surface area contributed by atoms with Crippen molar-refractivity contribution >= 4 is 5.91 Å². The predicted octanol–water partition coefficient (Wildman–Crippen LogP) is 2.79. The Morgan fingerprint density at radius 2 is 2.07 bits per heavy atom. The number of carbonyl (C=O) groups is 1. The molecule has 3 heteroatoms. The van der Waals surface area contributed by atoms with Gasteiger partial charge in [-0.15, -0.1) is 0 Å². The van der Waals surface area contributed by atoms with Gasteiger partial charge in [0.2, 0.25) is 0 Å². The minimum absolute atomic E-state index is 0.0665. The first-order valence-corrected chi connectivity index (χ1v) is 5.14. The van der Waals surface area contributed by atoms with Crippen LogP contribution in [-0.4, -0.2) is 23.9 Å². The molecule has 1 aromatic heterocycles. The molecule has 0 aliphatic rings. The van der Waals surface area contributed by atoms with E-state index in [0.29, 0.717) is 5.76 Å².